The van der Waals surface area contributed by atoms with Gasteiger partial charge in [-0.25, -0.2) is 0 Å². The van der Waals surface area contributed by atoms with Crippen molar-refractivity contribution >= 4 is 11.6 Å². The number of anilines is 1. The smallest absolute Gasteiger partial charge is 0.251 e. The van der Waals surface area contributed by atoms with Crippen LogP contribution in [0.4, 0.5) is 5.69 Å². The molecule has 1 amide bonds. The quantitative estimate of drug-likeness (QED) is 0.436. The molecule has 0 saturated heterocycles. The Morgan fingerprint density at radius 1 is 0.853 bits per heavy atom. The molecule has 3 aromatic carbocycles. The molecular formula is C31H36N2O. The summed E-state index contributed by atoms with van der Waals surface area (Å²) in [7, 11) is 0. The van der Waals surface area contributed by atoms with Crippen molar-refractivity contribution in [3.05, 3.63) is 101 Å². The summed E-state index contributed by atoms with van der Waals surface area (Å²) >= 11 is 0. The monoisotopic (exact) mass is 452 g/mol. The van der Waals surface area contributed by atoms with Crippen molar-refractivity contribution in [3.63, 3.8) is 0 Å². The summed E-state index contributed by atoms with van der Waals surface area (Å²) in [6.45, 7) is 9.68. The van der Waals surface area contributed by atoms with Crippen LogP contribution < -0.4 is 10.2 Å². The number of carbonyl (C=O) groups excluding carboxylic acids is 1. The lowest BCUT2D eigenvalue weighted by molar-refractivity contribution is 0.0953. The van der Waals surface area contributed by atoms with E-state index in [2.05, 4.69) is 104 Å². The number of amides is 1. The summed E-state index contributed by atoms with van der Waals surface area (Å²) in [5, 5.41) is 3.17. The van der Waals surface area contributed by atoms with Crippen molar-refractivity contribution in [2.75, 3.05) is 24.5 Å². The third-order valence-electron chi connectivity index (χ3n) is 8.28. The minimum Gasteiger partial charge on any atom is -0.371 e. The molecule has 3 aromatic rings. The average Bonchev–Trinajstić information content (AvgIpc) is 2.88. The molecule has 0 unspecified atom stereocenters. The number of nitrogens with one attached hydrogen (secondary N) is 1. The van der Waals surface area contributed by atoms with Gasteiger partial charge >= 0.3 is 0 Å². The molecule has 2 heterocycles. The van der Waals surface area contributed by atoms with Gasteiger partial charge in [-0.3, -0.25) is 4.79 Å². The van der Waals surface area contributed by atoms with E-state index in [-0.39, 0.29) is 16.7 Å². The summed E-state index contributed by atoms with van der Waals surface area (Å²) in [5.41, 5.74) is 7.13. The zero-order valence-corrected chi connectivity index (χ0v) is 20.7. The summed E-state index contributed by atoms with van der Waals surface area (Å²) in [6, 6.07) is 26.1. The molecule has 0 saturated carbocycles. The molecule has 0 bridgehead atoms. The highest BCUT2D eigenvalue weighted by Gasteiger charge is 2.45. The Hall–Kier alpha value is -3.07. The first-order valence-corrected chi connectivity index (χ1v) is 12.8. The van der Waals surface area contributed by atoms with Gasteiger partial charge in [0.15, 0.2) is 0 Å². The maximum atomic E-state index is 13.3. The first-order chi connectivity index (χ1) is 16.5. The summed E-state index contributed by atoms with van der Waals surface area (Å²) < 4.78 is 0. The van der Waals surface area contributed by atoms with Crippen LogP contribution in [0.2, 0.25) is 0 Å². The van der Waals surface area contributed by atoms with Gasteiger partial charge in [0.2, 0.25) is 0 Å². The van der Waals surface area contributed by atoms with Crippen LogP contribution in [0.3, 0.4) is 0 Å². The molecule has 0 radical (unpaired) electrons. The van der Waals surface area contributed by atoms with Crippen molar-refractivity contribution in [1.29, 1.82) is 0 Å². The van der Waals surface area contributed by atoms with Crippen molar-refractivity contribution in [2.24, 2.45) is 0 Å². The Morgan fingerprint density at radius 3 is 1.82 bits per heavy atom. The Bertz CT molecular complexity index is 1090. The molecule has 2 aliphatic rings. The number of hydrogen-bond donors (Lipinski definition) is 1. The lowest BCUT2D eigenvalue weighted by Crippen LogP contribution is -2.47. The van der Waals surface area contributed by atoms with E-state index in [1.54, 1.807) is 0 Å². The van der Waals surface area contributed by atoms with E-state index >= 15 is 0 Å². The first kappa shape index (κ1) is 22.7. The highest BCUT2D eigenvalue weighted by molar-refractivity contribution is 5.96. The number of carbonyl (C=O) groups is 1. The lowest BCUT2D eigenvalue weighted by Gasteiger charge is -2.50. The zero-order valence-electron chi connectivity index (χ0n) is 20.7. The van der Waals surface area contributed by atoms with E-state index in [1.165, 1.54) is 27.9 Å². The van der Waals surface area contributed by atoms with Crippen LogP contribution in [-0.4, -0.2) is 25.5 Å². The second-order valence-electron chi connectivity index (χ2n) is 10.4. The summed E-state index contributed by atoms with van der Waals surface area (Å²) in [6.07, 6.45) is 4.17. The Kier molecular flexibility index (Phi) is 5.97. The van der Waals surface area contributed by atoms with Gasteiger partial charge in [0.05, 0.1) is 0 Å². The average molecular weight is 453 g/mol. The highest BCUT2D eigenvalue weighted by atomic mass is 16.1. The van der Waals surface area contributed by atoms with Gasteiger partial charge < -0.3 is 10.2 Å². The number of benzene rings is 3. The third-order valence-corrected chi connectivity index (χ3v) is 8.28. The molecule has 2 atom stereocenters. The predicted molar refractivity (Wildman–Crippen MR) is 141 cm³/mol. The fraction of sp³-hybridized carbons (Fsp3) is 0.387. The van der Waals surface area contributed by atoms with Crippen molar-refractivity contribution in [1.82, 2.24) is 5.32 Å². The fourth-order valence-electron chi connectivity index (χ4n) is 5.96. The third kappa shape index (κ3) is 3.72. The van der Waals surface area contributed by atoms with Crippen LogP contribution in [0.1, 0.15) is 79.1 Å². The van der Waals surface area contributed by atoms with Crippen molar-refractivity contribution in [2.45, 2.75) is 57.3 Å². The predicted octanol–water partition coefficient (Wildman–Crippen LogP) is 6.44. The number of unbranched alkanes of at least 4 members (excludes halogenated alkanes) is 1. The normalized spacial score (nSPS) is 23.3. The Labute approximate surface area is 204 Å². The molecule has 0 aliphatic carbocycles. The maximum absolute atomic E-state index is 13.3. The van der Waals surface area contributed by atoms with Gasteiger partial charge in [-0.05, 0) is 53.6 Å². The molecule has 34 heavy (non-hydrogen) atoms. The van der Waals surface area contributed by atoms with Gasteiger partial charge in [-0.1, -0.05) is 87.9 Å². The summed E-state index contributed by atoms with van der Waals surface area (Å²) in [5.74, 6) is 0.0426. The van der Waals surface area contributed by atoms with E-state index in [1.807, 2.05) is 0 Å². The van der Waals surface area contributed by atoms with Gasteiger partial charge in [-0.2, -0.15) is 0 Å². The minimum absolute atomic E-state index is 0.0426. The maximum Gasteiger partial charge on any atom is 0.251 e. The van der Waals surface area contributed by atoms with Crippen molar-refractivity contribution in [3.8, 4) is 0 Å². The molecule has 0 spiro atoms. The second-order valence-corrected chi connectivity index (χ2v) is 10.4. The number of rotatable bonds is 6. The topological polar surface area (TPSA) is 32.3 Å². The standard InChI is InChI=1S/C31H36N2O/c1-4-5-18-32-29(34)23-21-26-28-27(22-23)31(3,25-14-10-7-11-15-25)17-20-33(28)19-16-30(26,2)24-12-8-6-9-13-24/h6-15,21-22H,4-5,16-20H2,1-3H3,(H,32,34)/t30-,31-/m0/s1. The van der Waals surface area contributed by atoms with E-state index in [9.17, 15) is 4.79 Å². The summed E-state index contributed by atoms with van der Waals surface area (Å²) in [4.78, 5) is 15.9. The molecule has 3 nitrogen and oxygen atoms in total. The van der Waals surface area contributed by atoms with Crippen LogP contribution in [0, 0.1) is 0 Å². The zero-order chi connectivity index (χ0) is 23.8. The largest absolute Gasteiger partial charge is 0.371 e. The van der Waals surface area contributed by atoms with E-state index in [0.717, 1.165) is 50.9 Å². The number of nitrogens with zero attached hydrogens (tertiary/aromatic N) is 1. The fourth-order valence-corrected chi connectivity index (χ4v) is 5.96. The Balaban J connectivity index is 1.72. The van der Waals surface area contributed by atoms with Crippen LogP contribution in [-0.2, 0) is 10.8 Å². The molecule has 2 aliphatic heterocycles. The number of hydrogen-bond acceptors (Lipinski definition) is 2. The van der Waals surface area contributed by atoms with Crippen LogP contribution in [0.25, 0.3) is 0 Å². The SMILES string of the molecule is CCCCNC(=O)c1cc2c3c(c1)[C@](C)(c1ccccc1)CCN3CC[C@@]2(C)c1ccccc1. The van der Waals surface area contributed by atoms with Crippen molar-refractivity contribution < 1.29 is 4.79 Å². The molecule has 5 rings (SSSR count). The van der Waals surface area contributed by atoms with Gasteiger partial charge in [-0.15, -0.1) is 0 Å². The molecule has 176 valence electrons. The van der Waals surface area contributed by atoms with Crippen LogP contribution >= 0.6 is 0 Å². The van der Waals surface area contributed by atoms with Gasteiger partial charge in [0, 0.05) is 41.7 Å². The molecule has 1 N–H and O–H groups in total. The lowest BCUT2D eigenvalue weighted by atomic mass is 9.64. The molecule has 0 aromatic heterocycles. The molecule has 0 fully saturated rings. The van der Waals surface area contributed by atoms with Gasteiger partial charge in [0.25, 0.3) is 5.91 Å². The Morgan fingerprint density at radius 2 is 1.35 bits per heavy atom. The van der Waals surface area contributed by atoms with E-state index in [4.69, 9.17) is 0 Å². The first-order valence-electron chi connectivity index (χ1n) is 12.8. The highest BCUT2D eigenvalue weighted by Crippen LogP contribution is 2.53. The molecular weight excluding hydrogens is 416 g/mol. The van der Waals surface area contributed by atoms with Crippen LogP contribution in [0.5, 0.6) is 0 Å². The van der Waals surface area contributed by atoms with E-state index in [0.29, 0.717) is 0 Å². The minimum atomic E-state index is -0.128. The molecule has 3 heteroatoms. The van der Waals surface area contributed by atoms with E-state index < -0.39 is 0 Å². The van der Waals surface area contributed by atoms with Crippen LogP contribution in [0.15, 0.2) is 72.8 Å². The van der Waals surface area contributed by atoms with Gasteiger partial charge in [0.1, 0.15) is 0 Å². The second kappa shape index (κ2) is 8.94.